The average molecular weight is 204 g/mol. The van der Waals surface area contributed by atoms with Crippen molar-refractivity contribution in [2.24, 2.45) is 0 Å². The minimum atomic E-state index is 0.372. The van der Waals surface area contributed by atoms with Crippen molar-refractivity contribution in [1.82, 2.24) is 20.4 Å². The molecule has 0 fully saturated rings. The summed E-state index contributed by atoms with van der Waals surface area (Å²) in [6.45, 7) is 8.55. The predicted octanol–water partition coefficient (Wildman–Crippen LogP) is 2.60. The van der Waals surface area contributed by atoms with Gasteiger partial charge in [-0.1, -0.05) is 27.7 Å². The molecule has 4 nitrogen and oxygen atoms in total. The third-order valence-electron chi connectivity index (χ3n) is 2.55. The molecule has 0 bridgehead atoms. The highest BCUT2D eigenvalue weighted by atomic mass is 15.2. The van der Waals surface area contributed by atoms with Crippen LogP contribution in [0.15, 0.2) is 6.20 Å². The van der Waals surface area contributed by atoms with Gasteiger partial charge in [-0.05, 0) is 11.8 Å². The highest BCUT2D eigenvalue weighted by molar-refractivity contribution is 5.83. The summed E-state index contributed by atoms with van der Waals surface area (Å²) in [6.07, 6.45) is 1.71. The van der Waals surface area contributed by atoms with Gasteiger partial charge in [-0.2, -0.15) is 15.3 Å². The molecular formula is C11H16N4. The van der Waals surface area contributed by atoms with Crippen LogP contribution in [-0.2, 0) is 0 Å². The summed E-state index contributed by atoms with van der Waals surface area (Å²) < 4.78 is 0. The van der Waals surface area contributed by atoms with Crippen LogP contribution in [0.3, 0.4) is 0 Å². The summed E-state index contributed by atoms with van der Waals surface area (Å²) in [5, 5.41) is 16.7. The number of rotatable bonds is 2. The van der Waals surface area contributed by atoms with Gasteiger partial charge in [0.05, 0.1) is 11.9 Å². The molecule has 0 aliphatic rings. The van der Waals surface area contributed by atoms with Gasteiger partial charge in [-0.15, -0.1) is 0 Å². The van der Waals surface area contributed by atoms with Gasteiger partial charge in [0.25, 0.3) is 0 Å². The van der Waals surface area contributed by atoms with Crippen molar-refractivity contribution in [3.63, 3.8) is 0 Å². The summed E-state index contributed by atoms with van der Waals surface area (Å²) in [6, 6.07) is 0. The minimum absolute atomic E-state index is 0.372. The number of nitrogens with one attached hydrogen (secondary N) is 1. The van der Waals surface area contributed by atoms with E-state index in [0.717, 1.165) is 22.3 Å². The van der Waals surface area contributed by atoms with Gasteiger partial charge < -0.3 is 0 Å². The molecular weight excluding hydrogens is 188 g/mol. The lowest BCUT2D eigenvalue weighted by molar-refractivity contribution is 0.787. The van der Waals surface area contributed by atoms with Crippen molar-refractivity contribution < 1.29 is 0 Å². The van der Waals surface area contributed by atoms with Gasteiger partial charge >= 0.3 is 0 Å². The predicted molar refractivity (Wildman–Crippen MR) is 59.9 cm³/mol. The molecule has 4 heteroatoms. The standard InChI is InChI=1S/C11H16N4/c1-6(2)10-9-8(5-12-14-10)13-15-11(9)7(3)4/h5-7H,1-4H3,(H,13,15). The van der Waals surface area contributed by atoms with Crippen molar-refractivity contribution >= 4 is 10.9 Å². The number of hydrogen-bond donors (Lipinski definition) is 1. The minimum Gasteiger partial charge on any atom is -0.281 e. The maximum absolute atomic E-state index is 4.26. The molecule has 0 aliphatic carbocycles. The molecule has 0 saturated carbocycles. The summed E-state index contributed by atoms with van der Waals surface area (Å²) in [5.74, 6) is 0.799. The second kappa shape index (κ2) is 3.61. The maximum atomic E-state index is 4.26. The van der Waals surface area contributed by atoms with E-state index in [4.69, 9.17) is 0 Å². The van der Waals surface area contributed by atoms with E-state index in [9.17, 15) is 0 Å². The fourth-order valence-electron chi connectivity index (χ4n) is 1.75. The lowest BCUT2D eigenvalue weighted by atomic mass is 10.0. The summed E-state index contributed by atoms with van der Waals surface area (Å²) in [4.78, 5) is 0. The molecule has 0 aromatic carbocycles. The first-order valence-electron chi connectivity index (χ1n) is 5.30. The van der Waals surface area contributed by atoms with E-state index in [2.05, 4.69) is 48.1 Å². The molecule has 2 rings (SSSR count). The molecule has 0 aliphatic heterocycles. The highest BCUT2D eigenvalue weighted by Crippen LogP contribution is 2.27. The lowest BCUT2D eigenvalue weighted by Crippen LogP contribution is -1.98. The van der Waals surface area contributed by atoms with Gasteiger partial charge in [0.2, 0.25) is 0 Å². The van der Waals surface area contributed by atoms with Crippen molar-refractivity contribution in [2.45, 2.75) is 39.5 Å². The molecule has 0 atom stereocenters. The van der Waals surface area contributed by atoms with Crippen molar-refractivity contribution in [3.05, 3.63) is 17.6 Å². The normalized spacial score (nSPS) is 11.9. The first-order valence-corrected chi connectivity index (χ1v) is 5.30. The number of fused-ring (bicyclic) bond motifs is 1. The van der Waals surface area contributed by atoms with Crippen LogP contribution >= 0.6 is 0 Å². The molecule has 15 heavy (non-hydrogen) atoms. The first-order chi connectivity index (χ1) is 7.11. The molecule has 0 radical (unpaired) electrons. The largest absolute Gasteiger partial charge is 0.281 e. The summed E-state index contributed by atoms with van der Waals surface area (Å²) in [7, 11) is 0. The molecule has 80 valence electrons. The van der Waals surface area contributed by atoms with E-state index in [1.54, 1.807) is 6.20 Å². The van der Waals surface area contributed by atoms with Gasteiger partial charge in [0, 0.05) is 11.1 Å². The van der Waals surface area contributed by atoms with Gasteiger partial charge in [0.15, 0.2) is 0 Å². The zero-order valence-corrected chi connectivity index (χ0v) is 9.57. The third-order valence-corrected chi connectivity index (χ3v) is 2.55. The Morgan fingerprint density at radius 3 is 2.47 bits per heavy atom. The molecule has 0 unspecified atom stereocenters. The van der Waals surface area contributed by atoms with E-state index >= 15 is 0 Å². The zero-order chi connectivity index (χ0) is 11.0. The van der Waals surface area contributed by atoms with Crippen LogP contribution in [0, 0.1) is 0 Å². The maximum Gasteiger partial charge on any atom is 0.114 e. The van der Waals surface area contributed by atoms with Crippen LogP contribution in [-0.4, -0.2) is 20.4 Å². The number of aromatic nitrogens is 4. The van der Waals surface area contributed by atoms with Crippen LogP contribution in [0.1, 0.15) is 50.9 Å². The topological polar surface area (TPSA) is 54.5 Å². The Morgan fingerprint density at radius 2 is 1.87 bits per heavy atom. The van der Waals surface area contributed by atoms with E-state index in [0.29, 0.717) is 11.8 Å². The highest BCUT2D eigenvalue weighted by Gasteiger charge is 2.16. The van der Waals surface area contributed by atoms with Crippen LogP contribution in [0.2, 0.25) is 0 Å². The molecule has 0 amide bonds. The van der Waals surface area contributed by atoms with E-state index < -0.39 is 0 Å². The Hall–Kier alpha value is -1.45. The van der Waals surface area contributed by atoms with Crippen LogP contribution in [0.25, 0.3) is 10.9 Å². The number of nitrogens with zero attached hydrogens (tertiary/aromatic N) is 3. The van der Waals surface area contributed by atoms with Crippen molar-refractivity contribution in [1.29, 1.82) is 0 Å². The number of H-pyrrole nitrogens is 1. The van der Waals surface area contributed by atoms with Gasteiger partial charge in [-0.25, -0.2) is 0 Å². The molecule has 0 saturated heterocycles. The monoisotopic (exact) mass is 204 g/mol. The third kappa shape index (κ3) is 1.60. The Bertz CT molecular complexity index is 470. The first kappa shape index (κ1) is 10.1. The zero-order valence-electron chi connectivity index (χ0n) is 9.57. The number of aromatic amines is 1. The molecule has 2 aromatic rings. The molecule has 1 N–H and O–H groups in total. The Kier molecular flexibility index (Phi) is 2.42. The smallest absolute Gasteiger partial charge is 0.114 e. The Balaban J connectivity index is 2.75. The van der Waals surface area contributed by atoms with E-state index in [-0.39, 0.29) is 0 Å². The van der Waals surface area contributed by atoms with E-state index in [1.165, 1.54) is 0 Å². The van der Waals surface area contributed by atoms with Crippen molar-refractivity contribution in [3.8, 4) is 0 Å². The van der Waals surface area contributed by atoms with Crippen LogP contribution < -0.4 is 0 Å². The Labute approximate surface area is 89.1 Å². The fourth-order valence-corrected chi connectivity index (χ4v) is 1.75. The van der Waals surface area contributed by atoms with Crippen molar-refractivity contribution in [2.75, 3.05) is 0 Å². The second-order valence-corrected chi connectivity index (χ2v) is 4.44. The van der Waals surface area contributed by atoms with Crippen LogP contribution in [0.5, 0.6) is 0 Å². The second-order valence-electron chi connectivity index (χ2n) is 4.44. The van der Waals surface area contributed by atoms with E-state index in [1.807, 2.05) is 0 Å². The number of hydrogen-bond acceptors (Lipinski definition) is 3. The van der Waals surface area contributed by atoms with Gasteiger partial charge in [0.1, 0.15) is 5.52 Å². The lowest BCUT2D eigenvalue weighted by Gasteiger charge is -2.07. The fraction of sp³-hybridized carbons (Fsp3) is 0.545. The molecule has 0 spiro atoms. The van der Waals surface area contributed by atoms with Gasteiger partial charge in [-0.3, -0.25) is 5.10 Å². The van der Waals surface area contributed by atoms with Crippen LogP contribution in [0.4, 0.5) is 0 Å². The Morgan fingerprint density at radius 1 is 1.13 bits per heavy atom. The quantitative estimate of drug-likeness (QED) is 0.818. The summed E-state index contributed by atoms with van der Waals surface area (Å²) in [5.41, 5.74) is 3.10. The average Bonchev–Trinajstić information content (AvgIpc) is 2.60. The SMILES string of the molecule is CC(C)c1nncc2n[nH]c(C(C)C)c12. The molecule has 2 heterocycles. The summed E-state index contributed by atoms with van der Waals surface area (Å²) >= 11 is 0. The molecule has 2 aromatic heterocycles.